The summed E-state index contributed by atoms with van der Waals surface area (Å²) >= 11 is 3.24. The van der Waals surface area contributed by atoms with Gasteiger partial charge in [0.1, 0.15) is 0 Å². The Kier molecular flexibility index (Phi) is 4.37. The zero-order chi connectivity index (χ0) is 14.2. The van der Waals surface area contributed by atoms with Crippen molar-refractivity contribution in [2.24, 2.45) is 0 Å². The molecule has 1 aliphatic heterocycles. The van der Waals surface area contributed by atoms with Gasteiger partial charge in [-0.15, -0.1) is 11.3 Å². The number of thioether (sulfide) groups is 1. The van der Waals surface area contributed by atoms with Crippen LogP contribution in [-0.2, 0) is 0 Å². The van der Waals surface area contributed by atoms with Gasteiger partial charge in [0.2, 0.25) is 0 Å². The molecule has 1 N–H and O–H groups in total. The first-order valence-electron chi connectivity index (χ1n) is 6.25. The van der Waals surface area contributed by atoms with Crippen LogP contribution >= 0.6 is 23.1 Å². The summed E-state index contributed by atoms with van der Waals surface area (Å²) in [6.07, 6.45) is -0.661. The predicted octanol–water partition coefficient (Wildman–Crippen LogP) is 3.04. The fraction of sp³-hybridized carbons (Fsp3) is 0.667. The van der Waals surface area contributed by atoms with E-state index in [9.17, 15) is 15.2 Å². The minimum absolute atomic E-state index is 0.118. The molecule has 1 saturated heterocycles. The van der Waals surface area contributed by atoms with Crippen molar-refractivity contribution in [1.82, 2.24) is 0 Å². The second kappa shape index (κ2) is 5.68. The first kappa shape index (κ1) is 14.6. The van der Waals surface area contributed by atoms with E-state index < -0.39 is 6.10 Å². The number of aliphatic hydroxyl groups excluding tert-OH is 1. The third-order valence-electron chi connectivity index (χ3n) is 3.03. The van der Waals surface area contributed by atoms with Crippen LogP contribution < -0.4 is 4.90 Å². The lowest BCUT2D eigenvalue weighted by atomic mass is 10.3. The topological polar surface area (TPSA) is 66.6 Å². The van der Waals surface area contributed by atoms with Crippen LogP contribution in [0.15, 0.2) is 6.07 Å². The van der Waals surface area contributed by atoms with E-state index in [0.29, 0.717) is 20.4 Å². The van der Waals surface area contributed by atoms with E-state index in [4.69, 9.17) is 0 Å². The summed E-state index contributed by atoms with van der Waals surface area (Å²) in [7, 11) is 0. The zero-order valence-electron chi connectivity index (χ0n) is 11.2. The lowest BCUT2D eigenvalue weighted by Crippen LogP contribution is -2.40. The van der Waals surface area contributed by atoms with E-state index in [1.165, 1.54) is 17.4 Å². The number of thiophene rings is 1. The molecule has 0 amide bonds. The van der Waals surface area contributed by atoms with Crippen molar-refractivity contribution in [3.05, 3.63) is 21.1 Å². The normalized spacial score (nSPS) is 25.4. The summed E-state index contributed by atoms with van der Waals surface area (Å²) in [4.78, 5) is 13.5. The van der Waals surface area contributed by atoms with Crippen molar-refractivity contribution in [3.8, 4) is 0 Å². The molecule has 1 aromatic heterocycles. The summed E-state index contributed by atoms with van der Waals surface area (Å²) in [5, 5.41) is 22.4. The van der Waals surface area contributed by atoms with E-state index in [2.05, 4.69) is 18.7 Å². The Balaban J connectivity index is 2.34. The second-order valence-electron chi connectivity index (χ2n) is 4.93. The molecule has 7 heteroatoms. The molecule has 2 heterocycles. The highest BCUT2D eigenvalue weighted by Crippen LogP contribution is 2.42. The maximum Gasteiger partial charge on any atom is 0.304 e. The molecule has 0 aliphatic carbocycles. The van der Waals surface area contributed by atoms with Crippen molar-refractivity contribution < 1.29 is 10.0 Å². The Morgan fingerprint density at radius 3 is 2.53 bits per heavy atom. The molecule has 1 aromatic rings. The minimum atomic E-state index is -0.661. The third kappa shape index (κ3) is 3.21. The summed E-state index contributed by atoms with van der Waals surface area (Å²) in [5.41, 5.74) is 0.118. The van der Waals surface area contributed by atoms with Gasteiger partial charge in [-0.2, -0.15) is 11.8 Å². The fourth-order valence-corrected chi connectivity index (χ4v) is 4.70. The number of rotatable bonds is 3. The molecule has 0 radical (unpaired) electrons. The standard InChI is InChI=1S/C12H18N2O3S2/c1-7-5-13(6-8(2)18-7)12-10(14(16)17)4-11(19-12)9(3)15/h4,7-9,15H,5-6H2,1-3H3. The zero-order valence-corrected chi connectivity index (χ0v) is 12.8. The number of nitrogens with zero attached hydrogens (tertiary/aromatic N) is 2. The van der Waals surface area contributed by atoms with Gasteiger partial charge in [-0.3, -0.25) is 10.1 Å². The maximum atomic E-state index is 11.2. The van der Waals surface area contributed by atoms with Gasteiger partial charge >= 0.3 is 5.69 Å². The van der Waals surface area contributed by atoms with Crippen LogP contribution in [0, 0.1) is 10.1 Å². The Morgan fingerprint density at radius 1 is 1.47 bits per heavy atom. The van der Waals surface area contributed by atoms with Crippen LogP contribution in [0.4, 0.5) is 10.7 Å². The van der Waals surface area contributed by atoms with E-state index in [0.717, 1.165) is 13.1 Å². The molecule has 106 valence electrons. The number of hydrogen-bond acceptors (Lipinski definition) is 6. The van der Waals surface area contributed by atoms with Crippen LogP contribution in [0.2, 0.25) is 0 Å². The molecule has 5 nitrogen and oxygen atoms in total. The smallest absolute Gasteiger partial charge is 0.304 e. The van der Waals surface area contributed by atoms with Crippen LogP contribution in [0.1, 0.15) is 31.8 Å². The highest BCUT2D eigenvalue weighted by Gasteiger charge is 2.30. The first-order valence-corrected chi connectivity index (χ1v) is 8.01. The van der Waals surface area contributed by atoms with Gasteiger partial charge in [0.15, 0.2) is 5.00 Å². The molecule has 0 spiro atoms. The van der Waals surface area contributed by atoms with Gasteiger partial charge in [-0.25, -0.2) is 0 Å². The Morgan fingerprint density at radius 2 is 2.05 bits per heavy atom. The van der Waals surface area contributed by atoms with Gasteiger partial charge in [-0.1, -0.05) is 13.8 Å². The molecule has 19 heavy (non-hydrogen) atoms. The van der Waals surface area contributed by atoms with Crippen molar-refractivity contribution in [3.63, 3.8) is 0 Å². The lowest BCUT2D eigenvalue weighted by Gasteiger charge is -2.34. The third-order valence-corrected chi connectivity index (χ3v) is 5.61. The number of aliphatic hydroxyl groups is 1. The van der Waals surface area contributed by atoms with Crippen LogP contribution in [-0.4, -0.2) is 33.6 Å². The molecule has 3 atom stereocenters. The average molecular weight is 302 g/mol. The lowest BCUT2D eigenvalue weighted by molar-refractivity contribution is -0.383. The molecule has 2 rings (SSSR count). The van der Waals surface area contributed by atoms with E-state index in [1.807, 2.05) is 11.8 Å². The molecule has 0 saturated carbocycles. The summed E-state index contributed by atoms with van der Waals surface area (Å²) in [5.74, 6) is 0. The highest BCUT2D eigenvalue weighted by atomic mass is 32.2. The van der Waals surface area contributed by atoms with E-state index in [1.54, 1.807) is 6.92 Å². The molecular formula is C12H18N2O3S2. The van der Waals surface area contributed by atoms with Gasteiger partial charge < -0.3 is 10.0 Å². The van der Waals surface area contributed by atoms with Gasteiger partial charge in [0.05, 0.1) is 11.0 Å². The SMILES string of the molecule is CC1CN(c2sc(C(C)O)cc2[N+](=O)[O-])CC(C)S1. The molecular weight excluding hydrogens is 284 g/mol. The summed E-state index contributed by atoms with van der Waals surface area (Å²) < 4.78 is 0. The maximum absolute atomic E-state index is 11.2. The van der Waals surface area contributed by atoms with Crippen molar-refractivity contribution >= 4 is 33.8 Å². The number of anilines is 1. The molecule has 0 bridgehead atoms. The van der Waals surface area contributed by atoms with Gasteiger partial charge in [0, 0.05) is 34.5 Å². The summed E-state index contributed by atoms with van der Waals surface area (Å²) in [6, 6.07) is 1.50. The van der Waals surface area contributed by atoms with Crippen molar-refractivity contribution in [1.29, 1.82) is 0 Å². The highest BCUT2D eigenvalue weighted by molar-refractivity contribution is 8.00. The largest absolute Gasteiger partial charge is 0.388 e. The van der Waals surface area contributed by atoms with Crippen molar-refractivity contribution in [2.75, 3.05) is 18.0 Å². The molecule has 1 fully saturated rings. The number of nitro groups is 1. The van der Waals surface area contributed by atoms with E-state index >= 15 is 0 Å². The Hall–Kier alpha value is -0.790. The average Bonchev–Trinajstić information content (AvgIpc) is 2.72. The second-order valence-corrected chi connectivity index (χ2v) is 7.88. The summed E-state index contributed by atoms with van der Waals surface area (Å²) in [6.45, 7) is 7.55. The van der Waals surface area contributed by atoms with E-state index in [-0.39, 0.29) is 10.6 Å². The van der Waals surface area contributed by atoms with Gasteiger partial charge in [-0.05, 0) is 6.92 Å². The van der Waals surface area contributed by atoms with Crippen LogP contribution in [0.3, 0.4) is 0 Å². The van der Waals surface area contributed by atoms with Crippen molar-refractivity contribution in [2.45, 2.75) is 37.4 Å². The quantitative estimate of drug-likeness (QED) is 0.686. The van der Waals surface area contributed by atoms with Crippen LogP contribution in [0.25, 0.3) is 0 Å². The number of hydrogen-bond donors (Lipinski definition) is 1. The van der Waals surface area contributed by atoms with Gasteiger partial charge in [0.25, 0.3) is 0 Å². The molecule has 0 aromatic carbocycles. The van der Waals surface area contributed by atoms with Crippen LogP contribution in [0.5, 0.6) is 0 Å². The fourth-order valence-electron chi connectivity index (χ4n) is 2.30. The molecule has 1 aliphatic rings. The predicted molar refractivity (Wildman–Crippen MR) is 80.3 cm³/mol. The minimum Gasteiger partial charge on any atom is -0.388 e. The molecule has 3 unspecified atom stereocenters. The monoisotopic (exact) mass is 302 g/mol. The Labute approximate surface area is 120 Å². The Bertz CT molecular complexity index is 466. The first-order chi connectivity index (χ1) is 8.88.